The summed E-state index contributed by atoms with van der Waals surface area (Å²) in [4.78, 5) is 22.5. The van der Waals surface area contributed by atoms with Crippen LogP contribution in [0.1, 0.15) is 46.5 Å². The molecule has 2 amide bonds. The molecule has 0 saturated carbocycles. The molecule has 7 heteroatoms. The maximum atomic E-state index is 11.4. The van der Waals surface area contributed by atoms with Gasteiger partial charge in [0.25, 0.3) is 0 Å². The van der Waals surface area contributed by atoms with E-state index >= 15 is 0 Å². The van der Waals surface area contributed by atoms with Crippen molar-refractivity contribution in [3.8, 4) is 11.3 Å². The number of aryl methyl sites for hydroxylation is 1. The molecule has 2 aromatic heterocycles. The molecule has 2 aromatic rings. The average Bonchev–Trinajstić information content (AvgIpc) is 3.18. The number of hydrogen-bond acceptors (Lipinski definition) is 4. The van der Waals surface area contributed by atoms with E-state index in [9.17, 15) is 4.79 Å². The van der Waals surface area contributed by atoms with Crippen molar-refractivity contribution in [2.24, 2.45) is 17.1 Å². The number of carbonyl (C=O) groups is 1. The zero-order valence-corrected chi connectivity index (χ0v) is 20.1. The lowest BCUT2D eigenvalue weighted by Crippen LogP contribution is -2.45. The van der Waals surface area contributed by atoms with E-state index in [2.05, 4.69) is 54.5 Å². The molecule has 4 heterocycles. The van der Waals surface area contributed by atoms with E-state index in [1.807, 2.05) is 18.3 Å². The maximum absolute atomic E-state index is 11.4. The summed E-state index contributed by atoms with van der Waals surface area (Å²) < 4.78 is 2.35. The molecular formula is C26H36N6O. The highest BCUT2D eigenvalue weighted by Crippen LogP contribution is 2.35. The lowest BCUT2D eigenvalue weighted by atomic mass is 9.73. The molecule has 33 heavy (non-hydrogen) atoms. The van der Waals surface area contributed by atoms with Gasteiger partial charge >= 0.3 is 6.03 Å². The number of nitrogens with one attached hydrogen (secondary N) is 1. The molecule has 3 N–H and O–H groups in total. The van der Waals surface area contributed by atoms with E-state index in [1.54, 1.807) is 4.90 Å². The number of carbonyl (C=O) groups excluding carboxylic acids is 1. The summed E-state index contributed by atoms with van der Waals surface area (Å²) in [5.74, 6) is 1.15. The molecule has 176 valence electrons. The third-order valence-corrected chi connectivity index (χ3v) is 7.30. The maximum Gasteiger partial charge on any atom is 0.314 e. The van der Waals surface area contributed by atoms with Crippen LogP contribution < -0.4 is 21.6 Å². The molecule has 1 saturated heterocycles. The van der Waals surface area contributed by atoms with E-state index in [0.29, 0.717) is 11.9 Å². The third kappa shape index (κ3) is 4.82. The molecule has 2 aliphatic rings. The number of urea groups is 1. The number of allylic oxidation sites excluding steroid dienone is 1. The zero-order valence-electron chi connectivity index (χ0n) is 20.1. The lowest BCUT2D eigenvalue weighted by molar-refractivity contribution is 0.122. The quantitative estimate of drug-likeness (QED) is 0.711. The fraction of sp³-hybridized carbons (Fsp3) is 0.500. The molecular weight excluding hydrogens is 412 g/mol. The predicted molar refractivity (Wildman–Crippen MR) is 134 cm³/mol. The van der Waals surface area contributed by atoms with Gasteiger partial charge in [-0.25, -0.2) is 14.8 Å². The van der Waals surface area contributed by atoms with Gasteiger partial charge in [0.1, 0.15) is 0 Å². The summed E-state index contributed by atoms with van der Waals surface area (Å²) in [6.07, 6.45) is 12.2. The molecule has 7 nitrogen and oxygen atoms in total. The highest BCUT2D eigenvalue weighted by atomic mass is 16.2. The van der Waals surface area contributed by atoms with Gasteiger partial charge in [-0.3, -0.25) is 0 Å². The number of amides is 2. The van der Waals surface area contributed by atoms with E-state index in [-0.39, 0.29) is 11.4 Å². The van der Waals surface area contributed by atoms with Crippen molar-refractivity contribution >= 4 is 23.6 Å². The first kappa shape index (κ1) is 23.1. The number of nitrogens with two attached hydrogens (primary N) is 1. The van der Waals surface area contributed by atoms with Crippen molar-refractivity contribution in [3.63, 3.8) is 0 Å². The van der Waals surface area contributed by atoms with Gasteiger partial charge in [0, 0.05) is 54.7 Å². The molecule has 0 unspecified atom stereocenters. The first-order valence-corrected chi connectivity index (χ1v) is 11.9. The van der Waals surface area contributed by atoms with Crippen LogP contribution in [0.4, 0.5) is 10.7 Å². The minimum Gasteiger partial charge on any atom is -0.354 e. The average molecular weight is 449 g/mol. The number of piperidine rings is 1. The number of aromatic nitrogens is 3. The van der Waals surface area contributed by atoms with Crippen LogP contribution in [0.5, 0.6) is 0 Å². The number of nitrogens with zero attached hydrogens (tertiary/aromatic N) is 4. The summed E-state index contributed by atoms with van der Waals surface area (Å²) in [6.45, 7) is 13.9. The Labute approximate surface area is 196 Å². The van der Waals surface area contributed by atoms with Crippen LogP contribution in [0.25, 0.3) is 22.9 Å². The number of fused-ring (bicyclic) bond motifs is 1. The largest absolute Gasteiger partial charge is 0.354 e. The standard InChI is InChI=1S/C26H36N6O/c1-5-7-20-21(16-32-13-6-8-18(2)23(20)32)22-9-12-28-25(30-22)29-17-26(3,4)19-10-14-31(15-11-19)24(27)33/h5,7,9,12,16,19H,1,6,8,10-11,13-15,17H2,2-4H3,(H2,27,33)(H,28,29,30)/b20-7-. The molecule has 0 bridgehead atoms. The van der Waals surface area contributed by atoms with E-state index < -0.39 is 0 Å². The summed E-state index contributed by atoms with van der Waals surface area (Å²) >= 11 is 0. The third-order valence-electron chi connectivity index (χ3n) is 7.30. The smallest absolute Gasteiger partial charge is 0.314 e. The fourth-order valence-electron chi connectivity index (χ4n) is 5.27. The minimum atomic E-state index is -0.317. The molecule has 0 atom stereocenters. The van der Waals surface area contributed by atoms with Gasteiger partial charge in [-0.05, 0) is 55.6 Å². The van der Waals surface area contributed by atoms with E-state index in [1.165, 1.54) is 22.6 Å². The summed E-state index contributed by atoms with van der Waals surface area (Å²) in [5, 5.41) is 5.97. The van der Waals surface area contributed by atoms with Crippen molar-refractivity contribution in [1.82, 2.24) is 19.4 Å². The highest BCUT2D eigenvalue weighted by molar-refractivity contribution is 5.72. The van der Waals surface area contributed by atoms with Crippen LogP contribution in [0.3, 0.4) is 0 Å². The van der Waals surface area contributed by atoms with Gasteiger partial charge in [0.15, 0.2) is 0 Å². The Hall–Kier alpha value is -3.09. The minimum absolute atomic E-state index is 0.0478. The highest BCUT2D eigenvalue weighted by Gasteiger charge is 2.33. The van der Waals surface area contributed by atoms with Gasteiger partial charge in [-0.2, -0.15) is 0 Å². The molecule has 0 spiro atoms. The molecule has 2 aliphatic heterocycles. The molecule has 0 radical (unpaired) electrons. The normalized spacial score (nSPS) is 17.7. The van der Waals surface area contributed by atoms with Gasteiger partial charge in [0.2, 0.25) is 5.95 Å². The second-order valence-electron chi connectivity index (χ2n) is 9.99. The van der Waals surface area contributed by atoms with Crippen molar-refractivity contribution < 1.29 is 4.79 Å². The number of primary amides is 1. The Morgan fingerprint density at radius 3 is 2.79 bits per heavy atom. The van der Waals surface area contributed by atoms with Crippen LogP contribution in [0.2, 0.25) is 0 Å². The fourth-order valence-corrected chi connectivity index (χ4v) is 5.27. The Balaban J connectivity index is 1.53. The van der Waals surface area contributed by atoms with E-state index in [0.717, 1.165) is 56.7 Å². The van der Waals surface area contributed by atoms with Crippen LogP contribution in [0.15, 0.2) is 31.1 Å². The Morgan fingerprint density at radius 1 is 1.33 bits per heavy atom. The Kier molecular flexibility index (Phi) is 6.58. The first-order valence-electron chi connectivity index (χ1n) is 11.9. The van der Waals surface area contributed by atoms with Crippen molar-refractivity contribution in [2.45, 2.75) is 53.0 Å². The zero-order chi connectivity index (χ0) is 23.6. The number of hydrogen-bond donors (Lipinski definition) is 2. The number of likely N-dealkylation sites (tertiary alicyclic amines) is 1. The van der Waals surface area contributed by atoms with Crippen molar-refractivity contribution in [2.75, 3.05) is 25.0 Å². The Bertz CT molecular complexity index is 1150. The summed E-state index contributed by atoms with van der Waals surface area (Å²) in [5.41, 5.74) is 8.94. The topological polar surface area (TPSA) is 89.1 Å². The summed E-state index contributed by atoms with van der Waals surface area (Å²) in [6, 6.07) is 1.66. The first-order chi connectivity index (χ1) is 15.8. The SMILES string of the molecule is C=C/C=c1/c(-c2ccnc(NCC(C)(C)C3CCN(C(N)=O)CC3)n2)cn2c1=C(C)CCC2. The van der Waals surface area contributed by atoms with Gasteiger partial charge < -0.3 is 20.5 Å². The predicted octanol–water partition coefficient (Wildman–Crippen LogP) is 3.10. The number of rotatable bonds is 6. The van der Waals surface area contributed by atoms with Crippen LogP contribution in [-0.4, -0.2) is 45.1 Å². The van der Waals surface area contributed by atoms with Crippen molar-refractivity contribution in [1.29, 1.82) is 0 Å². The van der Waals surface area contributed by atoms with Crippen LogP contribution in [-0.2, 0) is 6.54 Å². The Morgan fingerprint density at radius 2 is 2.09 bits per heavy atom. The molecule has 4 rings (SSSR count). The second kappa shape index (κ2) is 9.41. The lowest BCUT2D eigenvalue weighted by Gasteiger charge is -2.40. The molecule has 0 aliphatic carbocycles. The second-order valence-corrected chi connectivity index (χ2v) is 9.99. The summed E-state index contributed by atoms with van der Waals surface area (Å²) in [7, 11) is 0. The molecule has 1 fully saturated rings. The van der Waals surface area contributed by atoms with Crippen LogP contribution in [0, 0.1) is 11.3 Å². The van der Waals surface area contributed by atoms with Gasteiger partial charge in [-0.15, -0.1) is 0 Å². The van der Waals surface area contributed by atoms with Gasteiger partial charge in [0.05, 0.1) is 5.69 Å². The van der Waals surface area contributed by atoms with Crippen LogP contribution >= 0.6 is 0 Å². The molecule has 0 aromatic carbocycles. The van der Waals surface area contributed by atoms with Gasteiger partial charge in [-0.1, -0.05) is 32.6 Å². The van der Waals surface area contributed by atoms with Crippen molar-refractivity contribution in [3.05, 3.63) is 41.7 Å². The number of anilines is 1. The van der Waals surface area contributed by atoms with E-state index in [4.69, 9.17) is 10.7 Å². The monoisotopic (exact) mass is 448 g/mol.